The molecule has 4 aromatic rings. The van der Waals surface area contributed by atoms with Gasteiger partial charge in [0.2, 0.25) is 0 Å². The molecule has 29 heavy (non-hydrogen) atoms. The van der Waals surface area contributed by atoms with Gasteiger partial charge < -0.3 is 15.0 Å². The molecule has 1 heterocycles. The van der Waals surface area contributed by atoms with Crippen molar-refractivity contribution in [3.8, 4) is 5.75 Å². The number of nitrogens with zero attached hydrogens (tertiary/aromatic N) is 1. The molecule has 2 amide bonds. The first-order chi connectivity index (χ1) is 14.2. The number of para-hydroxylation sites is 3. The number of aromatic amines is 1. The lowest BCUT2D eigenvalue weighted by Gasteiger charge is -2.07. The highest BCUT2D eigenvalue weighted by molar-refractivity contribution is 5.94. The van der Waals surface area contributed by atoms with E-state index in [1.165, 1.54) is 0 Å². The third-order valence-corrected chi connectivity index (χ3v) is 4.20. The van der Waals surface area contributed by atoms with Gasteiger partial charge in [0.05, 0.1) is 17.6 Å². The van der Waals surface area contributed by atoms with Gasteiger partial charge in [0.15, 0.2) is 0 Å². The van der Waals surface area contributed by atoms with Gasteiger partial charge in [-0.2, -0.15) is 0 Å². The summed E-state index contributed by atoms with van der Waals surface area (Å²) in [6.45, 7) is 0.283. The smallest absolute Gasteiger partial charge is 0.410 e. The van der Waals surface area contributed by atoms with Crippen LogP contribution in [-0.2, 0) is 6.54 Å². The quantitative estimate of drug-likeness (QED) is 0.481. The van der Waals surface area contributed by atoms with E-state index in [2.05, 4.69) is 20.6 Å². The van der Waals surface area contributed by atoms with Crippen LogP contribution in [0.3, 0.4) is 0 Å². The molecular formula is C22H18N4O3. The highest BCUT2D eigenvalue weighted by atomic mass is 16.6. The first kappa shape index (κ1) is 18.2. The minimum Gasteiger partial charge on any atom is -0.410 e. The van der Waals surface area contributed by atoms with Crippen LogP contribution in [0.15, 0.2) is 78.9 Å². The summed E-state index contributed by atoms with van der Waals surface area (Å²) in [4.78, 5) is 31.8. The van der Waals surface area contributed by atoms with E-state index in [-0.39, 0.29) is 12.5 Å². The number of aromatic nitrogens is 2. The van der Waals surface area contributed by atoms with E-state index in [9.17, 15) is 9.59 Å². The summed E-state index contributed by atoms with van der Waals surface area (Å²) in [7, 11) is 0. The summed E-state index contributed by atoms with van der Waals surface area (Å²) in [5.41, 5.74) is 2.87. The maximum atomic E-state index is 12.3. The Balaban J connectivity index is 1.32. The first-order valence-corrected chi connectivity index (χ1v) is 9.03. The van der Waals surface area contributed by atoms with Gasteiger partial charge in [-0.15, -0.1) is 0 Å². The minimum atomic E-state index is -0.599. The Labute approximate surface area is 166 Å². The Morgan fingerprint density at radius 2 is 1.62 bits per heavy atom. The van der Waals surface area contributed by atoms with Crippen LogP contribution < -0.4 is 15.4 Å². The lowest BCUT2D eigenvalue weighted by molar-refractivity contribution is 0.0950. The van der Waals surface area contributed by atoms with Crippen molar-refractivity contribution >= 4 is 28.7 Å². The molecule has 7 heteroatoms. The molecule has 0 aliphatic rings. The number of hydrogen-bond acceptors (Lipinski definition) is 4. The summed E-state index contributed by atoms with van der Waals surface area (Å²) in [5, 5.41) is 5.44. The molecule has 0 radical (unpaired) electrons. The van der Waals surface area contributed by atoms with Crippen LogP contribution in [0.1, 0.15) is 16.2 Å². The van der Waals surface area contributed by atoms with E-state index in [0.717, 1.165) is 11.0 Å². The maximum Gasteiger partial charge on any atom is 0.417 e. The predicted octanol–water partition coefficient (Wildman–Crippen LogP) is 4.10. The van der Waals surface area contributed by atoms with E-state index in [0.29, 0.717) is 22.8 Å². The van der Waals surface area contributed by atoms with Crippen LogP contribution in [0.4, 0.5) is 10.5 Å². The molecular weight excluding hydrogens is 368 g/mol. The molecule has 0 saturated heterocycles. The Morgan fingerprint density at radius 1 is 0.897 bits per heavy atom. The van der Waals surface area contributed by atoms with Crippen LogP contribution in [0.25, 0.3) is 11.0 Å². The minimum absolute atomic E-state index is 0.245. The number of carbonyl (C=O) groups excluding carboxylic acids is 2. The molecule has 0 unspecified atom stereocenters. The second-order valence-corrected chi connectivity index (χ2v) is 6.29. The average molecular weight is 386 g/mol. The summed E-state index contributed by atoms with van der Waals surface area (Å²) in [5.74, 6) is 0.773. The zero-order valence-corrected chi connectivity index (χ0v) is 15.4. The molecule has 1 aromatic heterocycles. The Morgan fingerprint density at radius 3 is 2.38 bits per heavy atom. The van der Waals surface area contributed by atoms with Gasteiger partial charge in [-0.1, -0.05) is 30.3 Å². The third kappa shape index (κ3) is 4.59. The fraction of sp³-hybridized carbons (Fsp3) is 0.0455. The maximum absolute atomic E-state index is 12.3. The Bertz CT molecular complexity index is 1100. The molecule has 3 aromatic carbocycles. The van der Waals surface area contributed by atoms with E-state index < -0.39 is 6.09 Å². The van der Waals surface area contributed by atoms with E-state index >= 15 is 0 Å². The summed E-state index contributed by atoms with van der Waals surface area (Å²) >= 11 is 0. The second-order valence-electron chi connectivity index (χ2n) is 6.29. The number of imidazole rings is 1. The van der Waals surface area contributed by atoms with Crippen LogP contribution in [0.5, 0.6) is 5.75 Å². The zero-order valence-electron chi connectivity index (χ0n) is 15.4. The van der Waals surface area contributed by atoms with E-state index in [1.807, 2.05) is 42.5 Å². The standard InChI is InChI=1S/C22H18N4O3/c27-21(23-14-20-25-18-8-4-5-9-19(18)26-20)15-10-12-17(13-11-15)29-22(28)24-16-6-2-1-3-7-16/h1-13H,14H2,(H,23,27)(H,24,28)(H,25,26). The highest BCUT2D eigenvalue weighted by Crippen LogP contribution is 2.14. The SMILES string of the molecule is O=C(Nc1ccccc1)Oc1ccc(C(=O)NCc2nc3ccccc3[nH]2)cc1. The van der Waals surface area contributed by atoms with Gasteiger partial charge in [0, 0.05) is 11.3 Å². The number of fused-ring (bicyclic) bond motifs is 1. The van der Waals surface area contributed by atoms with Gasteiger partial charge in [0.1, 0.15) is 11.6 Å². The number of H-pyrrole nitrogens is 1. The summed E-state index contributed by atoms with van der Waals surface area (Å²) in [6.07, 6.45) is -0.599. The lowest BCUT2D eigenvalue weighted by atomic mass is 10.2. The van der Waals surface area contributed by atoms with Crippen LogP contribution >= 0.6 is 0 Å². The number of rotatable bonds is 5. The van der Waals surface area contributed by atoms with Crippen LogP contribution in [0.2, 0.25) is 0 Å². The molecule has 0 bridgehead atoms. The highest BCUT2D eigenvalue weighted by Gasteiger charge is 2.09. The Hall–Kier alpha value is -4.13. The Kier molecular flexibility index (Phi) is 5.20. The molecule has 0 fully saturated rings. The second kappa shape index (κ2) is 8.26. The van der Waals surface area contributed by atoms with Crippen molar-refractivity contribution in [2.24, 2.45) is 0 Å². The van der Waals surface area contributed by atoms with Crippen molar-refractivity contribution in [2.45, 2.75) is 6.54 Å². The normalized spacial score (nSPS) is 10.5. The molecule has 0 aliphatic heterocycles. The number of nitrogens with one attached hydrogen (secondary N) is 3. The van der Waals surface area contributed by atoms with Gasteiger partial charge in [-0.25, -0.2) is 9.78 Å². The van der Waals surface area contributed by atoms with E-state index in [1.54, 1.807) is 36.4 Å². The van der Waals surface area contributed by atoms with Gasteiger partial charge in [-0.3, -0.25) is 10.1 Å². The molecule has 0 spiro atoms. The van der Waals surface area contributed by atoms with Crippen molar-refractivity contribution in [3.63, 3.8) is 0 Å². The molecule has 0 atom stereocenters. The van der Waals surface area contributed by atoms with Crippen molar-refractivity contribution in [2.75, 3.05) is 5.32 Å². The average Bonchev–Trinajstić information content (AvgIpc) is 3.16. The zero-order chi connectivity index (χ0) is 20.1. The molecule has 0 aliphatic carbocycles. The van der Waals surface area contributed by atoms with Gasteiger partial charge >= 0.3 is 6.09 Å². The molecule has 4 rings (SSSR count). The summed E-state index contributed by atoms with van der Waals surface area (Å²) < 4.78 is 5.22. The lowest BCUT2D eigenvalue weighted by Crippen LogP contribution is -2.23. The van der Waals surface area contributed by atoms with Crippen molar-refractivity contribution in [1.29, 1.82) is 0 Å². The number of benzene rings is 3. The molecule has 3 N–H and O–H groups in total. The largest absolute Gasteiger partial charge is 0.417 e. The first-order valence-electron chi connectivity index (χ1n) is 9.03. The van der Waals surface area contributed by atoms with Crippen molar-refractivity contribution < 1.29 is 14.3 Å². The number of ether oxygens (including phenoxy) is 1. The van der Waals surface area contributed by atoms with Crippen LogP contribution in [-0.4, -0.2) is 22.0 Å². The van der Waals surface area contributed by atoms with Crippen molar-refractivity contribution in [3.05, 3.63) is 90.3 Å². The van der Waals surface area contributed by atoms with Crippen LogP contribution in [0, 0.1) is 0 Å². The van der Waals surface area contributed by atoms with Crippen molar-refractivity contribution in [1.82, 2.24) is 15.3 Å². The molecule has 0 saturated carbocycles. The molecule has 7 nitrogen and oxygen atoms in total. The topological polar surface area (TPSA) is 96.1 Å². The van der Waals surface area contributed by atoms with Gasteiger partial charge in [0.25, 0.3) is 5.91 Å². The monoisotopic (exact) mass is 386 g/mol. The third-order valence-electron chi connectivity index (χ3n) is 4.20. The van der Waals surface area contributed by atoms with E-state index in [4.69, 9.17) is 4.74 Å². The number of anilines is 1. The predicted molar refractivity (Wildman–Crippen MR) is 110 cm³/mol. The number of amides is 2. The van der Waals surface area contributed by atoms with Gasteiger partial charge in [-0.05, 0) is 48.5 Å². The molecule has 144 valence electrons. The fourth-order valence-electron chi connectivity index (χ4n) is 2.80. The fourth-order valence-corrected chi connectivity index (χ4v) is 2.80. The summed E-state index contributed by atoms with van der Waals surface area (Å²) in [6, 6.07) is 23.0. The number of carbonyl (C=O) groups is 2. The number of hydrogen-bond donors (Lipinski definition) is 3.